The van der Waals surface area contributed by atoms with Crippen LogP contribution in [0.1, 0.15) is 5.69 Å². The normalized spacial score (nSPS) is 10.4. The smallest absolute Gasteiger partial charge is 0.311 e. The number of aromatic nitrogens is 2. The second kappa shape index (κ2) is 4.42. The molecule has 0 atom stereocenters. The minimum atomic E-state index is -0.577. The van der Waals surface area contributed by atoms with Gasteiger partial charge >= 0.3 is 5.69 Å². The molecule has 88 valence electrons. The molecule has 17 heavy (non-hydrogen) atoms. The molecule has 0 spiro atoms. The van der Waals surface area contributed by atoms with E-state index in [4.69, 9.17) is 10.2 Å². The lowest BCUT2D eigenvalue weighted by molar-refractivity contribution is -0.384. The quantitative estimate of drug-likeness (QED) is 0.657. The first-order valence-electron chi connectivity index (χ1n) is 4.57. The molecule has 8 heteroatoms. The summed E-state index contributed by atoms with van der Waals surface area (Å²) < 4.78 is 5.12. The molecule has 0 aliphatic heterocycles. The highest BCUT2D eigenvalue weighted by Crippen LogP contribution is 2.28. The topological polar surface area (TPSA) is 108 Å². The van der Waals surface area contributed by atoms with Crippen molar-refractivity contribution in [2.24, 2.45) is 0 Å². The van der Waals surface area contributed by atoms with E-state index < -0.39 is 4.92 Å². The minimum absolute atomic E-state index is 0.122. The van der Waals surface area contributed by atoms with Gasteiger partial charge in [-0.25, -0.2) is 9.97 Å². The fraction of sp³-hybridized carbons (Fsp3) is 0.111. The predicted octanol–water partition coefficient (Wildman–Crippen LogP) is 2.02. The number of pyridine rings is 1. The average molecular weight is 252 g/mol. The average Bonchev–Trinajstić information content (AvgIpc) is 2.63. The Kier molecular flexibility index (Phi) is 2.96. The molecule has 0 saturated carbocycles. The van der Waals surface area contributed by atoms with Crippen LogP contribution in [-0.2, 0) is 0 Å². The summed E-state index contributed by atoms with van der Waals surface area (Å²) in [5.74, 6) is -0.122. The number of anilines is 1. The summed E-state index contributed by atoms with van der Waals surface area (Å²) in [5, 5.41) is 11.5. The lowest BCUT2D eigenvalue weighted by atomic mass is 10.4. The summed E-state index contributed by atoms with van der Waals surface area (Å²) >= 11 is 1.15. The molecule has 0 aromatic carbocycles. The van der Waals surface area contributed by atoms with E-state index >= 15 is 0 Å². The van der Waals surface area contributed by atoms with Crippen molar-refractivity contribution in [2.45, 2.75) is 17.2 Å². The molecule has 0 saturated heterocycles. The van der Waals surface area contributed by atoms with Crippen molar-refractivity contribution >= 4 is 23.3 Å². The van der Waals surface area contributed by atoms with Crippen molar-refractivity contribution in [1.29, 1.82) is 0 Å². The highest BCUT2D eigenvalue weighted by Gasteiger charge is 2.14. The summed E-state index contributed by atoms with van der Waals surface area (Å²) in [6.07, 6.45) is 1.51. The van der Waals surface area contributed by atoms with Crippen molar-refractivity contribution in [3.05, 3.63) is 34.2 Å². The third kappa shape index (κ3) is 2.53. The molecule has 2 rings (SSSR count). The van der Waals surface area contributed by atoms with E-state index in [1.165, 1.54) is 18.4 Å². The number of nitrogens with two attached hydrogens (primary N) is 1. The first-order valence-corrected chi connectivity index (χ1v) is 5.39. The van der Waals surface area contributed by atoms with E-state index in [0.29, 0.717) is 10.2 Å². The molecule has 2 heterocycles. The Bertz CT molecular complexity index is 569. The summed E-state index contributed by atoms with van der Waals surface area (Å²) in [5.41, 5.74) is 6.01. The lowest BCUT2D eigenvalue weighted by Gasteiger charge is -1.99. The lowest BCUT2D eigenvalue weighted by Crippen LogP contribution is -1.98. The van der Waals surface area contributed by atoms with Crippen LogP contribution in [0, 0.1) is 17.0 Å². The predicted molar refractivity (Wildman–Crippen MR) is 60.7 cm³/mol. The fourth-order valence-electron chi connectivity index (χ4n) is 1.13. The van der Waals surface area contributed by atoms with Gasteiger partial charge in [0.15, 0.2) is 0 Å². The van der Waals surface area contributed by atoms with E-state index in [1.54, 1.807) is 6.92 Å². The van der Waals surface area contributed by atoms with Crippen LogP contribution in [0.4, 0.5) is 11.5 Å². The first kappa shape index (κ1) is 11.4. The molecule has 0 amide bonds. The number of oxazole rings is 1. The third-order valence-corrected chi connectivity index (χ3v) is 2.66. The molecular formula is C9H8N4O3S. The maximum Gasteiger partial charge on any atom is 0.311 e. The Morgan fingerprint density at radius 3 is 2.76 bits per heavy atom. The van der Waals surface area contributed by atoms with Crippen LogP contribution in [0.5, 0.6) is 0 Å². The molecule has 0 fully saturated rings. The van der Waals surface area contributed by atoms with E-state index in [-0.39, 0.29) is 11.5 Å². The zero-order chi connectivity index (χ0) is 12.4. The number of hydrogen-bond donors (Lipinski definition) is 1. The summed E-state index contributed by atoms with van der Waals surface area (Å²) in [6, 6.07) is 2.80. The van der Waals surface area contributed by atoms with Gasteiger partial charge < -0.3 is 10.2 Å². The van der Waals surface area contributed by atoms with Crippen LogP contribution in [0.25, 0.3) is 0 Å². The number of nitro groups is 1. The molecule has 2 aromatic heterocycles. The SMILES string of the molecule is Cc1coc(Sc2ccc([N+](=O)[O-])c(N)n2)n1. The van der Waals surface area contributed by atoms with Crippen LogP contribution in [0.2, 0.25) is 0 Å². The molecule has 7 nitrogen and oxygen atoms in total. The van der Waals surface area contributed by atoms with Crippen molar-refractivity contribution in [3.8, 4) is 0 Å². The van der Waals surface area contributed by atoms with Gasteiger partial charge in [-0.3, -0.25) is 10.1 Å². The molecule has 2 N–H and O–H groups in total. The van der Waals surface area contributed by atoms with Crippen molar-refractivity contribution in [2.75, 3.05) is 5.73 Å². The Morgan fingerprint density at radius 1 is 1.47 bits per heavy atom. The van der Waals surface area contributed by atoms with Crippen LogP contribution >= 0.6 is 11.8 Å². The maximum absolute atomic E-state index is 10.5. The third-order valence-electron chi connectivity index (χ3n) is 1.86. The van der Waals surface area contributed by atoms with Crippen molar-refractivity contribution in [3.63, 3.8) is 0 Å². The first-order chi connectivity index (χ1) is 8.06. The zero-order valence-corrected chi connectivity index (χ0v) is 9.60. The van der Waals surface area contributed by atoms with Crippen LogP contribution in [-0.4, -0.2) is 14.9 Å². The molecule has 0 unspecified atom stereocenters. The van der Waals surface area contributed by atoms with E-state index in [0.717, 1.165) is 17.5 Å². The van der Waals surface area contributed by atoms with Gasteiger partial charge in [0.2, 0.25) is 5.82 Å². The molecule has 0 aliphatic carbocycles. The number of nitrogen functional groups attached to an aromatic ring is 1. The fourth-order valence-corrected chi connectivity index (χ4v) is 1.87. The van der Waals surface area contributed by atoms with Crippen molar-refractivity contribution < 1.29 is 9.34 Å². The van der Waals surface area contributed by atoms with Gasteiger partial charge in [-0.1, -0.05) is 0 Å². The number of rotatable bonds is 3. The number of hydrogen-bond acceptors (Lipinski definition) is 7. The monoisotopic (exact) mass is 252 g/mol. The van der Waals surface area contributed by atoms with Gasteiger partial charge in [-0.2, -0.15) is 0 Å². The largest absolute Gasteiger partial charge is 0.439 e. The van der Waals surface area contributed by atoms with E-state index in [9.17, 15) is 10.1 Å². The molecular weight excluding hydrogens is 244 g/mol. The summed E-state index contributed by atoms with van der Waals surface area (Å²) in [6.45, 7) is 1.80. The Labute approximate surface area is 100 Å². The van der Waals surface area contributed by atoms with Gasteiger partial charge in [0.05, 0.1) is 10.6 Å². The maximum atomic E-state index is 10.5. The highest BCUT2D eigenvalue weighted by molar-refractivity contribution is 7.99. The Morgan fingerprint density at radius 2 is 2.24 bits per heavy atom. The standard InChI is InChI=1S/C9H8N4O3S/c1-5-4-16-9(11-5)17-7-3-2-6(13(14)15)8(10)12-7/h2-4H,1H3,(H2,10,12). The van der Waals surface area contributed by atoms with Crippen LogP contribution in [0.3, 0.4) is 0 Å². The second-order valence-electron chi connectivity index (χ2n) is 3.17. The number of aryl methyl sites for hydroxylation is 1. The minimum Gasteiger partial charge on any atom is -0.439 e. The Hall–Kier alpha value is -2.09. The highest BCUT2D eigenvalue weighted by atomic mass is 32.2. The summed E-state index contributed by atoms with van der Waals surface area (Å²) in [7, 11) is 0. The molecule has 0 aliphatic rings. The zero-order valence-electron chi connectivity index (χ0n) is 8.78. The van der Waals surface area contributed by atoms with Crippen LogP contribution in [0.15, 0.2) is 33.1 Å². The van der Waals surface area contributed by atoms with Gasteiger partial charge in [0.1, 0.15) is 11.3 Å². The van der Waals surface area contributed by atoms with Gasteiger partial charge in [0, 0.05) is 6.07 Å². The van der Waals surface area contributed by atoms with Gasteiger partial charge in [-0.15, -0.1) is 0 Å². The molecule has 0 bridgehead atoms. The second-order valence-corrected chi connectivity index (χ2v) is 4.14. The van der Waals surface area contributed by atoms with Crippen LogP contribution < -0.4 is 5.73 Å². The Balaban J connectivity index is 2.23. The summed E-state index contributed by atoms with van der Waals surface area (Å²) in [4.78, 5) is 17.9. The molecule has 0 radical (unpaired) electrons. The molecule has 2 aromatic rings. The van der Waals surface area contributed by atoms with E-state index in [1.807, 2.05) is 0 Å². The number of nitrogens with zero attached hydrogens (tertiary/aromatic N) is 3. The van der Waals surface area contributed by atoms with Gasteiger partial charge in [-0.05, 0) is 24.8 Å². The van der Waals surface area contributed by atoms with Crippen molar-refractivity contribution in [1.82, 2.24) is 9.97 Å². The van der Waals surface area contributed by atoms with Gasteiger partial charge in [0.25, 0.3) is 5.22 Å². The van der Waals surface area contributed by atoms with E-state index in [2.05, 4.69) is 9.97 Å².